The summed E-state index contributed by atoms with van der Waals surface area (Å²) in [4.78, 5) is 56.3. The lowest BCUT2D eigenvalue weighted by atomic mass is 10.0. The summed E-state index contributed by atoms with van der Waals surface area (Å²) in [6.45, 7) is 8.07. The van der Waals surface area contributed by atoms with E-state index in [4.69, 9.17) is 14.2 Å². The molecule has 302 valence electrons. The number of pyridine rings is 2. The van der Waals surface area contributed by atoms with Gasteiger partial charge in [0, 0.05) is 97.1 Å². The lowest BCUT2D eigenvalue weighted by molar-refractivity contribution is -0.125. The molecule has 2 N–H and O–H groups in total. The van der Waals surface area contributed by atoms with Gasteiger partial charge in [0.25, 0.3) is 11.8 Å². The van der Waals surface area contributed by atoms with Gasteiger partial charge in [-0.2, -0.15) is 0 Å². The largest absolute Gasteiger partial charge is 0.487 e. The van der Waals surface area contributed by atoms with Crippen molar-refractivity contribution < 1.29 is 37.4 Å². The number of piperazine rings is 1. The number of amides is 3. The van der Waals surface area contributed by atoms with Crippen LogP contribution in [-0.2, 0) is 9.53 Å². The van der Waals surface area contributed by atoms with Crippen molar-refractivity contribution in [1.29, 1.82) is 0 Å². The number of imide groups is 1. The van der Waals surface area contributed by atoms with Crippen molar-refractivity contribution in [3.63, 3.8) is 0 Å². The third kappa shape index (κ3) is 8.71. The highest BCUT2D eigenvalue weighted by Gasteiger charge is 2.44. The Morgan fingerprint density at radius 1 is 0.793 bits per heavy atom. The number of aromatic nitrogens is 3. The molecule has 2 fully saturated rings. The Hall–Kier alpha value is -5.77. The van der Waals surface area contributed by atoms with E-state index in [2.05, 4.69) is 54.8 Å². The second-order valence-electron chi connectivity index (χ2n) is 15.0. The van der Waals surface area contributed by atoms with Gasteiger partial charge in [-0.05, 0) is 74.2 Å². The van der Waals surface area contributed by atoms with Crippen LogP contribution in [0, 0.1) is 0 Å². The van der Waals surface area contributed by atoms with E-state index in [0.717, 1.165) is 83.5 Å². The predicted octanol–water partition coefficient (Wildman–Crippen LogP) is 5.67. The van der Waals surface area contributed by atoms with Crippen LogP contribution in [0.2, 0.25) is 0 Å². The van der Waals surface area contributed by atoms with Crippen LogP contribution in [0.25, 0.3) is 32.9 Å². The van der Waals surface area contributed by atoms with Gasteiger partial charge in [0.1, 0.15) is 25.0 Å². The number of hydrogen-bond acceptors (Lipinski definition) is 10. The predicted molar refractivity (Wildman–Crippen MR) is 213 cm³/mol. The van der Waals surface area contributed by atoms with Crippen molar-refractivity contribution >= 4 is 39.5 Å². The van der Waals surface area contributed by atoms with Crippen LogP contribution < -0.4 is 14.8 Å². The molecule has 8 rings (SSSR count). The molecule has 0 aliphatic carbocycles. The maximum absolute atomic E-state index is 14.6. The van der Waals surface area contributed by atoms with E-state index in [1.165, 1.54) is 18.2 Å². The number of alkyl halides is 2. The fourth-order valence-electron chi connectivity index (χ4n) is 7.69. The van der Waals surface area contributed by atoms with Gasteiger partial charge in [-0.1, -0.05) is 18.7 Å². The molecule has 0 saturated carbocycles. The number of carbonyl (C=O) groups is 3. The average molecular weight is 794 g/mol. The smallest absolute Gasteiger partial charge is 0.304 e. The number of carbonyl (C=O) groups excluding carboxylic acids is 3. The Balaban J connectivity index is 0.686. The lowest BCUT2D eigenvalue weighted by Crippen LogP contribution is -2.51. The van der Waals surface area contributed by atoms with Crippen LogP contribution in [0.15, 0.2) is 85.5 Å². The molecule has 1 unspecified atom stereocenters. The van der Waals surface area contributed by atoms with E-state index >= 15 is 0 Å². The molecule has 1 atom stereocenters. The molecule has 0 spiro atoms. The summed E-state index contributed by atoms with van der Waals surface area (Å²) < 4.78 is 45.8. The van der Waals surface area contributed by atoms with E-state index in [0.29, 0.717) is 31.0 Å². The van der Waals surface area contributed by atoms with E-state index < -0.39 is 42.9 Å². The Bertz CT molecular complexity index is 2330. The zero-order valence-electron chi connectivity index (χ0n) is 32.1. The third-order valence-electron chi connectivity index (χ3n) is 10.9. The molecule has 3 aromatic heterocycles. The minimum atomic E-state index is -3.26. The number of aromatic amines is 1. The van der Waals surface area contributed by atoms with Crippen LogP contribution in [0.4, 0.5) is 8.78 Å². The van der Waals surface area contributed by atoms with Gasteiger partial charge in [-0.15, -0.1) is 0 Å². The van der Waals surface area contributed by atoms with Gasteiger partial charge in [-0.25, -0.2) is 13.8 Å². The van der Waals surface area contributed by atoms with Crippen molar-refractivity contribution in [2.24, 2.45) is 0 Å². The fraction of sp³-hybridized carbons (Fsp3) is 0.372. The maximum Gasteiger partial charge on any atom is 0.304 e. The molecular formula is C43H45F2N7O6. The third-order valence-corrected chi connectivity index (χ3v) is 10.9. The second kappa shape index (κ2) is 17.0. The highest BCUT2D eigenvalue weighted by Crippen LogP contribution is 2.32. The van der Waals surface area contributed by atoms with E-state index in [1.54, 1.807) is 6.20 Å². The zero-order valence-corrected chi connectivity index (χ0v) is 32.1. The summed E-state index contributed by atoms with van der Waals surface area (Å²) >= 11 is 0. The molecule has 58 heavy (non-hydrogen) atoms. The summed E-state index contributed by atoms with van der Waals surface area (Å²) in [5.41, 5.74) is 4.84. The number of piperidine rings is 1. The second-order valence-corrected chi connectivity index (χ2v) is 15.0. The van der Waals surface area contributed by atoms with Gasteiger partial charge in [0.2, 0.25) is 11.8 Å². The number of H-pyrrole nitrogens is 1. The van der Waals surface area contributed by atoms with Crippen LogP contribution in [-0.4, -0.2) is 125 Å². The number of ether oxygens (including phenoxy) is 3. The van der Waals surface area contributed by atoms with Crippen LogP contribution >= 0.6 is 0 Å². The molecule has 2 saturated heterocycles. The maximum atomic E-state index is 14.6. The lowest BCUT2D eigenvalue weighted by Gasteiger charge is -2.34. The highest BCUT2D eigenvalue weighted by atomic mass is 19.3. The monoisotopic (exact) mass is 793 g/mol. The number of unbranched alkanes of at least 4 members (excludes halogenated alkanes) is 1. The first-order chi connectivity index (χ1) is 28.1. The van der Waals surface area contributed by atoms with Gasteiger partial charge >= 0.3 is 5.92 Å². The topological polar surface area (TPSA) is 142 Å². The molecule has 0 bridgehead atoms. The number of benzene rings is 2. The molecular weight excluding hydrogens is 749 g/mol. The highest BCUT2D eigenvalue weighted by molar-refractivity contribution is 6.23. The number of allylic oxidation sites excluding steroid dienone is 1. The Labute approximate surface area is 333 Å². The SMILES string of the molecule is C=C1CCC(N2C(=O)c3ccc(OCC(F)(F)COCCCCN4CCN(CCOc5ccc(-c6ccc7c(c6)[nH]c6ccncc67)cn5)CC4)cc3C2=O)C(=O)N1. The summed E-state index contributed by atoms with van der Waals surface area (Å²) in [5, 5.41) is 4.82. The van der Waals surface area contributed by atoms with Crippen LogP contribution in [0.1, 0.15) is 46.4 Å². The summed E-state index contributed by atoms with van der Waals surface area (Å²) in [5.74, 6) is -4.39. The Morgan fingerprint density at radius 3 is 2.38 bits per heavy atom. The Kier molecular flexibility index (Phi) is 11.4. The molecule has 13 nitrogen and oxygen atoms in total. The number of hydrogen-bond donors (Lipinski definition) is 2. The molecule has 0 radical (unpaired) electrons. The fourth-order valence-corrected chi connectivity index (χ4v) is 7.69. The molecule has 3 aliphatic heterocycles. The molecule has 3 aliphatic rings. The molecule has 6 heterocycles. The van der Waals surface area contributed by atoms with Crippen molar-refractivity contribution in [3.05, 3.63) is 96.6 Å². The van der Waals surface area contributed by atoms with Crippen molar-refractivity contribution in [1.82, 2.24) is 35.0 Å². The van der Waals surface area contributed by atoms with Gasteiger partial charge in [0.05, 0.1) is 11.1 Å². The number of nitrogens with one attached hydrogen (secondary N) is 2. The van der Waals surface area contributed by atoms with E-state index in [9.17, 15) is 23.2 Å². The molecule has 15 heteroatoms. The first kappa shape index (κ1) is 39.1. The van der Waals surface area contributed by atoms with Crippen molar-refractivity contribution in [3.8, 4) is 22.8 Å². The average Bonchev–Trinajstić information content (AvgIpc) is 3.72. The summed E-state index contributed by atoms with van der Waals surface area (Å²) in [6, 6.07) is 15.3. The van der Waals surface area contributed by atoms with Crippen molar-refractivity contribution in [2.45, 2.75) is 37.6 Å². The first-order valence-corrected chi connectivity index (χ1v) is 19.6. The molecule has 3 amide bonds. The van der Waals surface area contributed by atoms with E-state index in [-0.39, 0.29) is 29.9 Å². The minimum Gasteiger partial charge on any atom is -0.487 e. The number of nitrogens with zero attached hydrogens (tertiary/aromatic N) is 5. The first-order valence-electron chi connectivity index (χ1n) is 19.6. The minimum absolute atomic E-state index is 0.0141. The van der Waals surface area contributed by atoms with Crippen molar-refractivity contribution in [2.75, 3.05) is 65.7 Å². The standard InChI is InChI=1S/C43H45F2N7O6/c1-28-4-10-38(40(53)48-28)52-41(54)33-9-7-31(23-34(33)42(52)55)58-27-43(44,45)26-56-20-3-2-14-50-15-17-51(18-16-50)19-21-57-39-11-6-30(24-47-39)29-5-8-32-35-25-46-13-12-36(35)49-37(32)22-29/h5-9,11-13,22-25,38,49H,1-4,10,14-21,26-27H2,(H,48,53). The summed E-state index contributed by atoms with van der Waals surface area (Å²) in [7, 11) is 0. The Morgan fingerprint density at radius 2 is 1.59 bits per heavy atom. The number of halogens is 2. The number of fused-ring (bicyclic) bond motifs is 4. The van der Waals surface area contributed by atoms with Gasteiger partial charge in [-0.3, -0.25) is 29.2 Å². The molecule has 2 aromatic carbocycles. The zero-order chi connectivity index (χ0) is 40.2. The van der Waals surface area contributed by atoms with Gasteiger partial charge < -0.3 is 29.4 Å². The molecule has 5 aromatic rings. The summed E-state index contributed by atoms with van der Waals surface area (Å²) in [6.07, 6.45) is 7.68. The van der Waals surface area contributed by atoms with Gasteiger partial charge in [0.15, 0.2) is 6.61 Å². The van der Waals surface area contributed by atoms with E-state index in [1.807, 2.05) is 30.6 Å². The van der Waals surface area contributed by atoms with Crippen LogP contribution in [0.3, 0.4) is 0 Å². The van der Waals surface area contributed by atoms with Crippen LogP contribution in [0.5, 0.6) is 11.6 Å². The quantitative estimate of drug-likeness (QED) is 0.0948. The number of rotatable bonds is 16. The normalized spacial score (nSPS) is 18.0.